The van der Waals surface area contributed by atoms with Crippen molar-refractivity contribution in [3.8, 4) is 11.6 Å². The lowest BCUT2D eigenvalue weighted by Gasteiger charge is -2.42. The molecule has 0 radical (unpaired) electrons. The highest BCUT2D eigenvalue weighted by Gasteiger charge is 2.33. The number of anilines is 2. The summed E-state index contributed by atoms with van der Waals surface area (Å²) in [4.78, 5) is 36.6. The first kappa shape index (κ1) is 21.0. The van der Waals surface area contributed by atoms with Crippen molar-refractivity contribution >= 4 is 23.2 Å². The summed E-state index contributed by atoms with van der Waals surface area (Å²) in [6.45, 7) is 6.12. The molecule has 2 aliphatic heterocycles. The monoisotopic (exact) mass is 442 g/mol. The van der Waals surface area contributed by atoms with Crippen LogP contribution in [0.2, 0.25) is 0 Å². The summed E-state index contributed by atoms with van der Waals surface area (Å²) in [5, 5.41) is 0. The number of piperazine rings is 1. The van der Waals surface area contributed by atoms with Gasteiger partial charge >= 0.3 is 0 Å². The van der Waals surface area contributed by atoms with E-state index in [9.17, 15) is 9.59 Å². The third-order valence-corrected chi connectivity index (χ3v) is 6.22. The molecule has 7 heteroatoms. The van der Waals surface area contributed by atoms with Gasteiger partial charge in [-0.05, 0) is 55.8 Å². The summed E-state index contributed by atoms with van der Waals surface area (Å²) in [5.41, 5.74) is 3.31. The molecular weight excluding hydrogens is 416 g/mol. The molecule has 3 aromatic rings. The predicted molar refractivity (Wildman–Crippen MR) is 127 cm³/mol. The van der Waals surface area contributed by atoms with Crippen molar-refractivity contribution in [1.29, 1.82) is 0 Å². The maximum Gasteiger partial charge on any atom is 0.264 e. The molecule has 2 aromatic carbocycles. The summed E-state index contributed by atoms with van der Waals surface area (Å²) in [7, 11) is 0. The standard InChI is InChI=1S/C26H26N4O3/c1-18-7-5-8-20(15-18)29-14-13-28(16-19(29)2)24(31)17-30-22-10-3-4-11-23(22)33-25-21(26(30)32)9-6-12-27-25/h3-12,15,19H,13-14,16-17H2,1-2H3. The van der Waals surface area contributed by atoms with Gasteiger partial charge in [0.05, 0.1) is 5.69 Å². The van der Waals surface area contributed by atoms with Crippen LogP contribution in [-0.2, 0) is 4.79 Å². The molecule has 0 saturated carbocycles. The number of para-hydroxylation sites is 2. The zero-order chi connectivity index (χ0) is 22.9. The third-order valence-electron chi connectivity index (χ3n) is 6.22. The number of hydrogen-bond acceptors (Lipinski definition) is 5. The summed E-state index contributed by atoms with van der Waals surface area (Å²) < 4.78 is 5.91. The van der Waals surface area contributed by atoms with Crippen LogP contribution in [0.5, 0.6) is 11.6 Å². The highest BCUT2D eigenvalue weighted by Crippen LogP contribution is 2.37. The quantitative estimate of drug-likeness (QED) is 0.616. The summed E-state index contributed by atoms with van der Waals surface area (Å²) in [5.74, 6) is 0.392. The number of aromatic nitrogens is 1. The SMILES string of the molecule is Cc1cccc(N2CCN(C(=O)CN3C(=O)c4cccnc4Oc4ccccc43)CC2C)c1. The fraction of sp³-hybridized carbons (Fsp3) is 0.269. The highest BCUT2D eigenvalue weighted by molar-refractivity contribution is 6.11. The molecule has 0 aliphatic carbocycles. The first-order valence-electron chi connectivity index (χ1n) is 11.2. The van der Waals surface area contributed by atoms with Gasteiger partial charge in [0.25, 0.3) is 5.91 Å². The molecule has 0 bridgehead atoms. The summed E-state index contributed by atoms with van der Waals surface area (Å²) >= 11 is 0. The van der Waals surface area contributed by atoms with Gasteiger partial charge in [0, 0.05) is 37.6 Å². The Kier molecular flexibility index (Phi) is 5.46. The fourth-order valence-corrected chi connectivity index (χ4v) is 4.53. The molecule has 5 rings (SSSR count). The number of benzene rings is 2. The van der Waals surface area contributed by atoms with Crippen molar-refractivity contribution < 1.29 is 14.3 Å². The Morgan fingerprint density at radius 3 is 2.76 bits per heavy atom. The maximum atomic E-state index is 13.4. The number of carbonyl (C=O) groups is 2. The molecule has 33 heavy (non-hydrogen) atoms. The lowest BCUT2D eigenvalue weighted by atomic mass is 10.1. The zero-order valence-electron chi connectivity index (χ0n) is 18.8. The molecule has 0 spiro atoms. The van der Waals surface area contributed by atoms with Gasteiger partial charge in [-0.15, -0.1) is 0 Å². The van der Waals surface area contributed by atoms with Gasteiger partial charge < -0.3 is 14.5 Å². The van der Waals surface area contributed by atoms with Crippen LogP contribution in [0.15, 0.2) is 66.9 Å². The molecule has 1 unspecified atom stereocenters. The molecule has 1 saturated heterocycles. The number of fused-ring (bicyclic) bond motifs is 2. The van der Waals surface area contributed by atoms with Crippen LogP contribution in [0.1, 0.15) is 22.8 Å². The van der Waals surface area contributed by atoms with E-state index in [2.05, 4.69) is 48.0 Å². The molecule has 1 atom stereocenters. The van der Waals surface area contributed by atoms with Gasteiger partial charge in [-0.1, -0.05) is 24.3 Å². The number of carbonyl (C=O) groups excluding carboxylic acids is 2. The van der Waals surface area contributed by atoms with E-state index in [4.69, 9.17) is 4.74 Å². The van der Waals surface area contributed by atoms with E-state index in [0.29, 0.717) is 30.1 Å². The number of aryl methyl sites for hydroxylation is 1. The number of pyridine rings is 1. The Hall–Kier alpha value is -3.87. The van der Waals surface area contributed by atoms with E-state index in [1.54, 1.807) is 30.5 Å². The van der Waals surface area contributed by atoms with E-state index in [1.807, 2.05) is 17.0 Å². The van der Waals surface area contributed by atoms with E-state index in [1.165, 1.54) is 16.2 Å². The summed E-state index contributed by atoms with van der Waals surface area (Å²) in [6.07, 6.45) is 1.59. The van der Waals surface area contributed by atoms with Crippen molar-refractivity contribution in [1.82, 2.24) is 9.88 Å². The molecule has 168 valence electrons. The number of rotatable bonds is 3. The van der Waals surface area contributed by atoms with Crippen molar-refractivity contribution in [2.24, 2.45) is 0 Å². The Morgan fingerprint density at radius 2 is 1.94 bits per heavy atom. The molecule has 3 heterocycles. The van der Waals surface area contributed by atoms with Gasteiger partial charge in [0.15, 0.2) is 5.75 Å². The topological polar surface area (TPSA) is 66.0 Å². The van der Waals surface area contributed by atoms with Gasteiger partial charge in [-0.2, -0.15) is 0 Å². The maximum absolute atomic E-state index is 13.4. The number of amides is 2. The minimum atomic E-state index is -0.289. The second kappa shape index (κ2) is 8.58. The Morgan fingerprint density at radius 1 is 1.09 bits per heavy atom. The van der Waals surface area contributed by atoms with Crippen LogP contribution in [0.3, 0.4) is 0 Å². The van der Waals surface area contributed by atoms with Gasteiger partial charge in [0.2, 0.25) is 11.8 Å². The van der Waals surface area contributed by atoms with Gasteiger partial charge in [-0.3, -0.25) is 14.5 Å². The second-order valence-electron chi connectivity index (χ2n) is 8.54. The van der Waals surface area contributed by atoms with Gasteiger partial charge in [-0.25, -0.2) is 4.98 Å². The van der Waals surface area contributed by atoms with Crippen LogP contribution in [-0.4, -0.2) is 53.9 Å². The first-order chi connectivity index (χ1) is 16.0. The van der Waals surface area contributed by atoms with Crippen LogP contribution in [0.4, 0.5) is 11.4 Å². The number of nitrogens with zero attached hydrogens (tertiary/aromatic N) is 4. The van der Waals surface area contributed by atoms with Crippen LogP contribution in [0, 0.1) is 6.92 Å². The first-order valence-corrected chi connectivity index (χ1v) is 11.2. The van der Waals surface area contributed by atoms with Crippen molar-refractivity contribution in [2.75, 3.05) is 36.0 Å². The largest absolute Gasteiger partial charge is 0.436 e. The minimum Gasteiger partial charge on any atom is -0.436 e. The molecule has 1 fully saturated rings. The number of ether oxygens (including phenoxy) is 1. The van der Waals surface area contributed by atoms with Crippen LogP contribution < -0.4 is 14.5 Å². The molecule has 7 nitrogen and oxygen atoms in total. The van der Waals surface area contributed by atoms with Crippen LogP contribution in [0.25, 0.3) is 0 Å². The van der Waals surface area contributed by atoms with Crippen molar-refractivity contribution in [3.63, 3.8) is 0 Å². The molecule has 0 N–H and O–H groups in total. The normalized spacial score (nSPS) is 17.7. The third kappa shape index (κ3) is 4.02. The van der Waals surface area contributed by atoms with E-state index < -0.39 is 0 Å². The number of hydrogen-bond donors (Lipinski definition) is 0. The average molecular weight is 443 g/mol. The van der Waals surface area contributed by atoms with Crippen LogP contribution >= 0.6 is 0 Å². The zero-order valence-corrected chi connectivity index (χ0v) is 18.8. The highest BCUT2D eigenvalue weighted by atomic mass is 16.5. The molecular formula is C26H26N4O3. The Bertz CT molecular complexity index is 1210. The molecule has 2 aliphatic rings. The van der Waals surface area contributed by atoms with Gasteiger partial charge in [0.1, 0.15) is 12.1 Å². The van der Waals surface area contributed by atoms with Crippen molar-refractivity contribution in [2.45, 2.75) is 19.9 Å². The Balaban J connectivity index is 1.36. The average Bonchev–Trinajstić information content (AvgIpc) is 2.93. The van der Waals surface area contributed by atoms with E-state index in [-0.39, 0.29) is 30.3 Å². The lowest BCUT2D eigenvalue weighted by molar-refractivity contribution is -0.130. The molecule has 2 amide bonds. The summed E-state index contributed by atoms with van der Waals surface area (Å²) in [6, 6.07) is 19.2. The minimum absolute atomic E-state index is 0.0509. The Labute approximate surface area is 193 Å². The van der Waals surface area contributed by atoms with Crippen molar-refractivity contribution in [3.05, 3.63) is 78.0 Å². The molecule has 1 aromatic heterocycles. The van der Waals surface area contributed by atoms with E-state index in [0.717, 1.165) is 6.54 Å². The fourth-order valence-electron chi connectivity index (χ4n) is 4.53. The predicted octanol–water partition coefficient (Wildman–Crippen LogP) is 3.88. The second-order valence-corrected chi connectivity index (χ2v) is 8.54. The lowest BCUT2D eigenvalue weighted by Crippen LogP contribution is -2.55. The van der Waals surface area contributed by atoms with E-state index >= 15 is 0 Å². The smallest absolute Gasteiger partial charge is 0.264 e.